The highest BCUT2D eigenvalue weighted by atomic mass is 35.5. The van der Waals surface area contributed by atoms with E-state index in [-0.39, 0.29) is 28.5 Å². The van der Waals surface area contributed by atoms with Gasteiger partial charge in [-0.2, -0.15) is 8.78 Å². The molecule has 0 atom stereocenters. The number of anilines is 1. The highest BCUT2D eigenvalue weighted by molar-refractivity contribution is 6.32. The van der Waals surface area contributed by atoms with E-state index < -0.39 is 29.1 Å². The first-order valence-corrected chi connectivity index (χ1v) is 8.96. The van der Waals surface area contributed by atoms with Gasteiger partial charge in [-0.1, -0.05) is 17.7 Å². The Bertz CT molecular complexity index is 1060. The number of hydrogen-bond acceptors (Lipinski definition) is 3. The van der Waals surface area contributed by atoms with E-state index in [1.54, 1.807) is 4.68 Å². The third-order valence-electron chi connectivity index (χ3n) is 4.82. The van der Waals surface area contributed by atoms with Crippen LogP contribution in [0.25, 0.3) is 11.1 Å². The van der Waals surface area contributed by atoms with E-state index in [9.17, 15) is 22.8 Å². The second-order valence-corrected chi connectivity index (χ2v) is 6.91. The lowest BCUT2D eigenvalue weighted by atomic mass is 10.1. The quantitative estimate of drug-likeness (QED) is 0.725. The lowest BCUT2D eigenvalue weighted by Crippen LogP contribution is -2.50. The molecule has 2 aliphatic rings. The third-order valence-corrected chi connectivity index (χ3v) is 5.20. The number of fused-ring (bicyclic) bond motifs is 2. The van der Waals surface area contributed by atoms with Crippen molar-refractivity contribution in [3.05, 3.63) is 46.1 Å². The summed E-state index contributed by atoms with van der Waals surface area (Å²) >= 11 is 6.34. The van der Waals surface area contributed by atoms with E-state index in [0.29, 0.717) is 13.1 Å². The minimum absolute atomic E-state index is 0.0622. The molecular formula is C18H15ClF3N3O3. The normalized spacial score (nSPS) is 17.7. The Kier molecular flexibility index (Phi) is 4.29. The predicted octanol–water partition coefficient (Wildman–Crippen LogP) is 3.41. The molecule has 0 unspecified atom stereocenters. The molecule has 0 bridgehead atoms. The lowest BCUT2D eigenvalue weighted by Gasteiger charge is -2.33. The summed E-state index contributed by atoms with van der Waals surface area (Å²) < 4.78 is 49.9. The van der Waals surface area contributed by atoms with Gasteiger partial charge in [-0.25, -0.2) is 9.07 Å². The van der Waals surface area contributed by atoms with Crippen molar-refractivity contribution in [1.82, 2.24) is 9.36 Å². The number of rotatable bonds is 3. The maximum atomic E-state index is 14.8. The van der Waals surface area contributed by atoms with E-state index in [1.807, 2.05) is 0 Å². The third kappa shape index (κ3) is 2.64. The Labute approximate surface area is 162 Å². The molecule has 0 N–H and O–H groups in total. The second-order valence-electron chi connectivity index (χ2n) is 6.55. The molecule has 10 heteroatoms. The predicted molar refractivity (Wildman–Crippen MR) is 96.5 cm³/mol. The summed E-state index contributed by atoms with van der Waals surface area (Å²) in [4.78, 5) is 25.5. The fraction of sp³-hybridized carbons (Fsp3) is 0.333. The van der Waals surface area contributed by atoms with Gasteiger partial charge in [-0.05, 0) is 18.9 Å². The van der Waals surface area contributed by atoms with Gasteiger partial charge >= 0.3 is 12.0 Å². The summed E-state index contributed by atoms with van der Waals surface area (Å²) in [6.45, 7) is 4.16. The molecule has 0 aliphatic carbocycles. The maximum Gasteiger partial charge on any atom is 0.482 e. The molecule has 1 aromatic heterocycles. The number of nitrogens with zero attached hydrogens (tertiary/aromatic N) is 3. The molecule has 4 rings (SSSR count). The van der Waals surface area contributed by atoms with Crippen molar-refractivity contribution < 1.29 is 22.7 Å². The first-order valence-electron chi connectivity index (χ1n) is 8.59. The minimum Gasteiger partial charge on any atom is -0.423 e. The van der Waals surface area contributed by atoms with Gasteiger partial charge in [-0.3, -0.25) is 19.2 Å². The van der Waals surface area contributed by atoms with Crippen LogP contribution in [-0.4, -0.2) is 27.9 Å². The summed E-state index contributed by atoms with van der Waals surface area (Å²) in [5, 5.41) is 0.0622. The Morgan fingerprint density at radius 1 is 1.21 bits per heavy atom. The average Bonchev–Trinajstić information content (AvgIpc) is 2.90. The van der Waals surface area contributed by atoms with Gasteiger partial charge in [0.05, 0.1) is 11.3 Å². The zero-order chi connectivity index (χ0) is 20.2. The molecular weight excluding hydrogens is 399 g/mol. The topological polar surface area (TPSA) is 56.5 Å². The summed E-state index contributed by atoms with van der Waals surface area (Å²) in [5.41, 5.74) is -0.824. The smallest absolute Gasteiger partial charge is 0.423 e. The van der Waals surface area contributed by atoms with Crippen molar-refractivity contribution in [2.75, 3.05) is 11.4 Å². The number of hydrogen-bond donors (Lipinski definition) is 0. The zero-order valence-electron chi connectivity index (χ0n) is 14.6. The number of halogens is 4. The van der Waals surface area contributed by atoms with E-state index in [2.05, 4.69) is 11.3 Å². The molecule has 0 fully saturated rings. The Balaban J connectivity index is 1.93. The number of carbonyl (C=O) groups excluding carboxylic acids is 1. The van der Waals surface area contributed by atoms with Crippen LogP contribution in [0.5, 0.6) is 5.75 Å². The van der Waals surface area contributed by atoms with Gasteiger partial charge in [0.15, 0.2) is 5.75 Å². The van der Waals surface area contributed by atoms with Crippen molar-refractivity contribution in [1.29, 1.82) is 0 Å². The number of aromatic nitrogens is 2. The fourth-order valence-electron chi connectivity index (χ4n) is 3.54. The number of alkyl halides is 2. The van der Waals surface area contributed by atoms with Crippen LogP contribution in [0.3, 0.4) is 0 Å². The molecule has 0 saturated heterocycles. The molecule has 2 aromatic rings. The summed E-state index contributed by atoms with van der Waals surface area (Å²) in [7, 11) is 0. The van der Waals surface area contributed by atoms with E-state index >= 15 is 0 Å². The van der Waals surface area contributed by atoms with E-state index in [0.717, 1.165) is 29.9 Å². The number of benzene rings is 1. The van der Waals surface area contributed by atoms with Crippen LogP contribution < -0.4 is 15.2 Å². The van der Waals surface area contributed by atoms with Crippen molar-refractivity contribution >= 4 is 23.2 Å². The molecule has 28 heavy (non-hydrogen) atoms. The fourth-order valence-corrected chi connectivity index (χ4v) is 3.90. The van der Waals surface area contributed by atoms with Crippen LogP contribution in [0.4, 0.5) is 18.9 Å². The zero-order valence-corrected chi connectivity index (χ0v) is 15.3. The van der Waals surface area contributed by atoms with Crippen molar-refractivity contribution in [2.45, 2.75) is 32.0 Å². The van der Waals surface area contributed by atoms with Crippen LogP contribution in [-0.2, 0) is 17.9 Å². The SMILES string of the molecule is C=CCN1C(=O)C(F)(F)Oc2cc(F)c(-c3c(Cl)n4n(c3=O)CCCC4)cc21. The number of amides is 1. The summed E-state index contributed by atoms with van der Waals surface area (Å²) in [6, 6.07) is 1.87. The summed E-state index contributed by atoms with van der Waals surface area (Å²) in [5.74, 6) is -3.06. The molecule has 2 aliphatic heterocycles. The number of ether oxygens (including phenoxy) is 1. The molecule has 3 heterocycles. The van der Waals surface area contributed by atoms with Gasteiger partial charge in [-0.15, -0.1) is 6.58 Å². The van der Waals surface area contributed by atoms with Crippen molar-refractivity contribution in [2.24, 2.45) is 0 Å². The van der Waals surface area contributed by atoms with Crippen molar-refractivity contribution in [3.63, 3.8) is 0 Å². The van der Waals surface area contributed by atoms with Gasteiger partial charge in [0.25, 0.3) is 5.56 Å². The largest absolute Gasteiger partial charge is 0.482 e. The molecule has 0 radical (unpaired) electrons. The Morgan fingerprint density at radius 2 is 1.89 bits per heavy atom. The van der Waals surface area contributed by atoms with Gasteiger partial charge in [0.2, 0.25) is 0 Å². The molecule has 1 amide bonds. The monoisotopic (exact) mass is 413 g/mol. The molecule has 0 saturated carbocycles. The maximum absolute atomic E-state index is 14.8. The lowest BCUT2D eigenvalue weighted by molar-refractivity contribution is -0.192. The van der Waals surface area contributed by atoms with Crippen LogP contribution in [0.1, 0.15) is 12.8 Å². The van der Waals surface area contributed by atoms with Crippen molar-refractivity contribution in [3.8, 4) is 16.9 Å². The Morgan fingerprint density at radius 3 is 2.54 bits per heavy atom. The molecule has 6 nitrogen and oxygen atoms in total. The summed E-state index contributed by atoms with van der Waals surface area (Å²) in [6.07, 6.45) is -1.26. The van der Waals surface area contributed by atoms with E-state index in [1.165, 1.54) is 10.8 Å². The van der Waals surface area contributed by atoms with Crippen LogP contribution >= 0.6 is 11.6 Å². The minimum atomic E-state index is -4.13. The first kappa shape index (κ1) is 18.7. The Hall–Kier alpha value is -2.68. The van der Waals surface area contributed by atoms with Crippen LogP contribution in [0, 0.1) is 5.82 Å². The van der Waals surface area contributed by atoms with Crippen LogP contribution in [0.2, 0.25) is 5.15 Å². The standard InChI is InChI=1S/C18H15ClF3N3O3/c1-2-5-23-12-8-10(11(20)9-13(12)28-18(21,22)17(23)27)14-15(19)24-6-3-4-7-25(24)16(14)26/h2,8-9H,1,3-7H2. The van der Waals surface area contributed by atoms with Crippen LogP contribution in [0.15, 0.2) is 29.6 Å². The molecule has 0 spiro atoms. The van der Waals surface area contributed by atoms with Gasteiger partial charge in [0.1, 0.15) is 11.0 Å². The highest BCUT2D eigenvalue weighted by Gasteiger charge is 2.50. The first-order chi connectivity index (χ1) is 13.3. The number of carbonyl (C=O) groups is 1. The molecule has 148 valence electrons. The van der Waals surface area contributed by atoms with Gasteiger partial charge in [0, 0.05) is 31.3 Å². The second kappa shape index (κ2) is 6.44. The molecule has 1 aromatic carbocycles. The highest BCUT2D eigenvalue weighted by Crippen LogP contribution is 2.43. The average molecular weight is 414 g/mol. The van der Waals surface area contributed by atoms with E-state index in [4.69, 9.17) is 11.6 Å². The van der Waals surface area contributed by atoms with Gasteiger partial charge < -0.3 is 4.74 Å².